The number of rotatable bonds is 4. The number of carbonyl (C=O) groups is 1. The summed E-state index contributed by atoms with van der Waals surface area (Å²) < 4.78 is 10.6. The van der Waals surface area contributed by atoms with E-state index in [4.69, 9.17) is 15.2 Å². The molecule has 0 bridgehead atoms. The third kappa shape index (κ3) is 2.98. The molecule has 5 nitrogen and oxygen atoms in total. The van der Waals surface area contributed by atoms with Gasteiger partial charge < -0.3 is 20.1 Å². The Balaban J connectivity index is 2.03. The first-order valence-corrected chi connectivity index (χ1v) is 6.38. The molecule has 0 saturated heterocycles. The summed E-state index contributed by atoms with van der Waals surface area (Å²) in [5.74, 6) is 1.56. The quantitative estimate of drug-likeness (QED) is 0.891. The van der Waals surface area contributed by atoms with Gasteiger partial charge >= 0.3 is 0 Å². The maximum absolute atomic E-state index is 12.1. The van der Waals surface area contributed by atoms with Crippen LogP contribution in [0.1, 0.15) is 19.4 Å². The lowest BCUT2D eigenvalue weighted by Gasteiger charge is -2.23. The number of nitrogens with two attached hydrogens (primary N) is 1. The number of amides is 1. The molecule has 0 aliphatic carbocycles. The number of fused-ring (bicyclic) bond motifs is 1. The van der Waals surface area contributed by atoms with Gasteiger partial charge in [0.2, 0.25) is 12.7 Å². The smallest absolute Gasteiger partial charge is 0.239 e. The molecular weight excluding hydrogens is 244 g/mol. The van der Waals surface area contributed by atoms with Crippen molar-refractivity contribution in [3.63, 3.8) is 0 Å². The highest BCUT2D eigenvalue weighted by Gasteiger charge is 2.21. The highest BCUT2D eigenvalue weighted by atomic mass is 16.7. The Labute approximate surface area is 113 Å². The maximum atomic E-state index is 12.1. The van der Waals surface area contributed by atoms with Crippen molar-refractivity contribution in [2.45, 2.75) is 26.4 Å². The minimum absolute atomic E-state index is 0.0485. The molecule has 1 aromatic carbocycles. The standard InChI is InChI=1S/C14H20N2O3/c1-9(2)13(15)14(17)16(3)7-10-4-5-11-12(6-10)19-8-18-11/h4-6,9,13H,7-8,15H2,1-3H3/t13-/m0/s1. The second-order valence-corrected chi connectivity index (χ2v) is 5.15. The van der Waals surface area contributed by atoms with Gasteiger partial charge in [0.1, 0.15) is 0 Å². The number of carbonyl (C=O) groups excluding carboxylic acids is 1. The third-order valence-electron chi connectivity index (χ3n) is 3.24. The second kappa shape index (κ2) is 5.48. The summed E-state index contributed by atoms with van der Waals surface area (Å²) in [5.41, 5.74) is 6.87. The lowest BCUT2D eigenvalue weighted by atomic mass is 10.0. The monoisotopic (exact) mass is 264 g/mol. The molecule has 1 aliphatic heterocycles. The van der Waals surface area contributed by atoms with Crippen molar-refractivity contribution in [2.24, 2.45) is 11.7 Å². The van der Waals surface area contributed by atoms with Crippen LogP contribution in [0.3, 0.4) is 0 Å². The molecule has 0 radical (unpaired) electrons. The Hall–Kier alpha value is -1.75. The van der Waals surface area contributed by atoms with Crippen LogP contribution in [0.4, 0.5) is 0 Å². The Morgan fingerprint density at radius 1 is 1.37 bits per heavy atom. The molecule has 104 valence electrons. The topological polar surface area (TPSA) is 64.8 Å². The summed E-state index contributed by atoms with van der Waals surface area (Å²) in [7, 11) is 1.76. The van der Waals surface area contributed by atoms with Crippen LogP contribution >= 0.6 is 0 Å². The molecule has 19 heavy (non-hydrogen) atoms. The first-order chi connectivity index (χ1) is 8.99. The fourth-order valence-electron chi connectivity index (χ4n) is 1.93. The van der Waals surface area contributed by atoms with E-state index >= 15 is 0 Å². The van der Waals surface area contributed by atoms with Crippen LogP contribution in [-0.2, 0) is 11.3 Å². The lowest BCUT2D eigenvalue weighted by Crippen LogP contribution is -2.44. The highest BCUT2D eigenvalue weighted by molar-refractivity contribution is 5.81. The largest absolute Gasteiger partial charge is 0.454 e. The van der Waals surface area contributed by atoms with E-state index in [2.05, 4.69) is 0 Å². The van der Waals surface area contributed by atoms with E-state index in [9.17, 15) is 4.79 Å². The van der Waals surface area contributed by atoms with Gasteiger partial charge in [-0.05, 0) is 23.6 Å². The number of likely N-dealkylation sites (N-methyl/N-ethyl adjacent to an activating group) is 1. The summed E-state index contributed by atoms with van der Waals surface area (Å²) >= 11 is 0. The van der Waals surface area contributed by atoms with E-state index < -0.39 is 6.04 Å². The molecule has 1 atom stereocenters. The molecule has 2 N–H and O–H groups in total. The molecule has 1 aliphatic rings. The van der Waals surface area contributed by atoms with E-state index in [1.54, 1.807) is 11.9 Å². The fraction of sp³-hybridized carbons (Fsp3) is 0.500. The average molecular weight is 264 g/mol. The van der Waals surface area contributed by atoms with Crippen LogP contribution in [0, 0.1) is 5.92 Å². The Kier molecular flexibility index (Phi) is 3.95. The van der Waals surface area contributed by atoms with Gasteiger partial charge in [-0.25, -0.2) is 0 Å². The molecule has 1 amide bonds. The molecule has 5 heteroatoms. The van der Waals surface area contributed by atoms with Crippen LogP contribution < -0.4 is 15.2 Å². The summed E-state index contributed by atoms with van der Waals surface area (Å²) in [6, 6.07) is 5.22. The number of benzene rings is 1. The number of hydrogen-bond acceptors (Lipinski definition) is 4. The van der Waals surface area contributed by atoms with Crippen molar-refractivity contribution < 1.29 is 14.3 Å². The molecule has 1 aromatic rings. The van der Waals surface area contributed by atoms with Crippen molar-refractivity contribution in [3.8, 4) is 11.5 Å². The van der Waals surface area contributed by atoms with Gasteiger partial charge in [-0.3, -0.25) is 4.79 Å². The van der Waals surface area contributed by atoms with Gasteiger partial charge in [0.25, 0.3) is 0 Å². The highest BCUT2D eigenvalue weighted by Crippen LogP contribution is 2.32. The van der Waals surface area contributed by atoms with Gasteiger partial charge in [-0.1, -0.05) is 19.9 Å². The van der Waals surface area contributed by atoms with Crippen LogP contribution in [0.15, 0.2) is 18.2 Å². The number of hydrogen-bond donors (Lipinski definition) is 1. The first kappa shape index (κ1) is 13.7. The SMILES string of the molecule is CC(C)[C@H](N)C(=O)N(C)Cc1ccc2c(c1)OCO2. The van der Waals surface area contributed by atoms with Crippen molar-refractivity contribution >= 4 is 5.91 Å². The van der Waals surface area contributed by atoms with Crippen molar-refractivity contribution in [1.82, 2.24) is 4.90 Å². The number of ether oxygens (including phenoxy) is 2. The Morgan fingerprint density at radius 2 is 2.05 bits per heavy atom. The van der Waals surface area contributed by atoms with Gasteiger partial charge in [0.05, 0.1) is 6.04 Å². The predicted octanol–water partition coefficient (Wildman–Crippen LogP) is 1.36. The maximum Gasteiger partial charge on any atom is 0.239 e. The summed E-state index contributed by atoms with van der Waals surface area (Å²) in [6.45, 7) is 4.65. The normalized spacial score (nSPS) is 14.6. The van der Waals surface area contributed by atoms with E-state index in [0.29, 0.717) is 6.54 Å². The molecular formula is C14H20N2O3. The lowest BCUT2D eigenvalue weighted by molar-refractivity contribution is -0.132. The van der Waals surface area contributed by atoms with E-state index in [1.165, 1.54) is 0 Å². The second-order valence-electron chi connectivity index (χ2n) is 5.15. The van der Waals surface area contributed by atoms with Crippen LogP contribution in [0.25, 0.3) is 0 Å². The molecule has 0 unspecified atom stereocenters. The number of nitrogens with zero attached hydrogens (tertiary/aromatic N) is 1. The molecule has 0 fully saturated rings. The van der Waals surface area contributed by atoms with Crippen molar-refractivity contribution in [3.05, 3.63) is 23.8 Å². The van der Waals surface area contributed by atoms with E-state index in [0.717, 1.165) is 17.1 Å². The van der Waals surface area contributed by atoms with Crippen LogP contribution in [0.2, 0.25) is 0 Å². The Morgan fingerprint density at radius 3 is 2.74 bits per heavy atom. The van der Waals surface area contributed by atoms with Crippen LogP contribution in [-0.4, -0.2) is 30.7 Å². The van der Waals surface area contributed by atoms with Gasteiger partial charge in [-0.2, -0.15) is 0 Å². The Bertz CT molecular complexity index is 474. The molecule has 0 aromatic heterocycles. The molecule has 0 saturated carbocycles. The fourth-order valence-corrected chi connectivity index (χ4v) is 1.93. The summed E-state index contributed by atoms with van der Waals surface area (Å²) in [6.07, 6.45) is 0. The zero-order valence-electron chi connectivity index (χ0n) is 11.6. The predicted molar refractivity (Wildman–Crippen MR) is 71.9 cm³/mol. The average Bonchev–Trinajstić information content (AvgIpc) is 2.84. The minimum Gasteiger partial charge on any atom is -0.454 e. The summed E-state index contributed by atoms with van der Waals surface area (Å²) in [4.78, 5) is 13.7. The van der Waals surface area contributed by atoms with Gasteiger partial charge in [0, 0.05) is 13.6 Å². The van der Waals surface area contributed by atoms with Gasteiger partial charge in [-0.15, -0.1) is 0 Å². The first-order valence-electron chi connectivity index (χ1n) is 6.38. The molecule has 1 heterocycles. The third-order valence-corrected chi connectivity index (χ3v) is 3.24. The van der Waals surface area contributed by atoms with E-state index in [-0.39, 0.29) is 18.6 Å². The van der Waals surface area contributed by atoms with Crippen LogP contribution in [0.5, 0.6) is 11.5 Å². The van der Waals surface area contributed by atoms with Crippen molar-refractivity contribution in [2.75, 3.05) is 13.8 Å². The van der Waals surface area contributed by atoms with Gasteiger partial charge in [0.15, 0.2) is 11.5 Å². The minimum atomic E-state index is -0.459. The zero-order valence-corrected chi connectivity index (χ0v) is 11.6. The molecule has 0 spiro atoms. The van der Waals surface area contributed by atoms with E-state index in [1.807, 2.05) is 32.0 Å². The zero-order chi connectivity index (χ0) is 14.0. The van der Waals surface area contributed by atoms with Crippen molar-refractivity contribution in [1.29, 1.82) is 0 Å². The molecule has 2 rings (SSSR count). The summed E-state index contributed by atoms with van der Waals surface area (Å²) in [5, 5.41) is 0.